The summed E-state index contributed by atoms with van der Waals surface area (Å²) in [4.78, 5) is 17.7. The van der Waals surface area contributed by atoms with Crippen LogP contribution < -0.4 is 5.32 Å². The predicted molar refractivity (Wildman–Crippen MR) is 76.7 cm³/mol. The van der Waals surface area contributed by atoms with Gasteiger partial charge in [0.2, 0.25) is 0 Å². The molecule has 2 rings (SSSR count). The molecule has 2 atom stereocenters. The van der Waals surface area contributed by atoms with E-state index in [4.69, 9.17) is 4.74 Å². The van der Waals surface area contributed by atoms with Crippen LogP contribution in [-0.2, 0) is 17.8 Å². The second kappa shape index (κ2) is 7.20. The van der Waals surface area contributed by atoms with Gasteiger partial charge in [-0.15, -0.1) is 0 Å². The van der Waals surface area contributed by atoms with Gasteiger partial charge in [0.15, 0.2) is 0 Å². The zero-order valence-corrected chi connectivity index (χ0v) is 13.1. The van der Waals surface area contributed by atoms with E-state index in [9.17, 15) is 18.0 Å². The van der Waals surface area contributed by atoms with E-state index in [1.165, 1.54) is 12.4 Å². The third-order valence-corrected chi connectivity index (χ3v) is 3.62. The second-order valence-corrected chi connectivity index (χ2v) is 5.63. The number of amides is 2. The van der Waals surface area contributed by atoms with Crippen molar-refractivity contribution in [3.63, 3.8) is 0 Å². The number of rotatable bonds is 4. The first-order valence-electron chi connectivity index (χ1n) is 7.53. The lowest BCUT2D eigenvalue weighted by Gasteiger charge is -2.36. The molecule has 0 unspecified atom stereocenters. The van der Waals surface area contributed by atoms with E-state index in [-0.39, 0.29) is 30.6 Å². The van der Waals surface area contributed by atoms with Crippen molar-refractivity contribution in [1.29, 1.82) is 0 Å². The maximum absolute atomic E-state index is 12.5. The van der Waals surface area contributed by atoms with E-state index in [0.717, 1.165) is 11.0 Å². The molecule has 0 aliphatic carbocycles. The highest BCUT2D eigenvalue weighted by Crippen LogP contribution is 2.18. The zero-order chi connectivity index (χ0) is 17.0. The molecular formula is C14H21F3N4O2. The number of hydrogen-bond acceptors (Lipinski definition) is 3. The molecule has 1 N–H and O–H groups in total. The number of ether oxygens (including phenoxy) is 1. The number of morpholine rings is 1. The van der Waals surface area contributed by atoms with Crippen molar-refractivity contribution in [3.05, 3.63) is 18.2 Å². The van der Waals surface area contributed by atoms with Crippen LogP contribution in [-0.4, -0.2) is 52.0 Å². The average Bonchev–Trinajstić information content (AvgIpc) is 2.89. The van der Waals surface area contributed by atoms with Crippen LogP contribution >= 0.6 is 0 Å². The molecule has 1 aliphatic heterocycles. The van der Waals surface area contributed by atoms with E-state index in [1.54, 1.807) is 4.90 Å². The van der Waals surface area contributed by atoms with Gasteiger partial charge in [-0.3, -0.25) is 0 Å². The number of alkyl halides is 3. The quantitative estimate of drug-likeness (QED) is 0.918. The van der Waals surface area contributed by atoms with Gasteiger partial charge in [-0.25, -0.2) is 9.78 Å². The minimum absolute atomic E-state index is 0.0169. The van der Waals surface area contributed by atoms with Crippen LogP contribution in [0.4, 0.5) is 18.0 Å². The molecule has 1 aromatic heterocycles. The number of halogens is 3. The Hall–Kier alpha value is -1.77. The predicted octanol–water partition coefficient (Wildman–Crippen LogP) is 2.15. The van der Waals surface area contributed by atoms with Crippen molar-refractivity contribution in [3.8, 4) is 0 Å². The Morgan fingerprint density at radius 1 is 1.48 bits per heavy atom. The molecule has 1 saturated heterocycles. The number of nitrogens with zero attached hydrogens (tertiary/aromatic N) is 3. The second-order valence-electron chi connectivity index (χ2n) is 5.63. The minimum atomic E-state index is -4.33. The van der Waals surface area contributed by atoms with E-state index < -0.39 is 12.7 Å². The van der Waals surface area contributed by atoms with Gasteiger partial charge in [0.25, 0.3) is 0 Å². The van der Waals surface area contributed by atoms with Gasteiger partial charge in [0.1, 0.15) is 12.4 Å². The minimum Gasteiger partial charge on any atom is -0.372 e. The van der Waals surface area contributed by atoms with Gasteiger partial charge in [-0.1, -0.05) is 6.92 Å². The van der Waals surface area contributed by atoms with Crippen LogP contribution in [0.25, 0.3) is 0 Å². The lowest BCUT2D eigenvalue weighted by Crippen LogP contribution is -2.52. The molecule has 130 valence electrons. The van der Waals surface area contributed by atoms with Gasteiger partial charge in [-0.2, -0.15) is 13.2 Å². The van der Waals surface area contributed by atoms with E-state index >= 15 is 0 Å². The summed E-state index contributed by atoms with van der Waals surface area (Å²) in [5.41, 5.74) is 0. The highest BCUT2D eigenvalue weighted by molar-refractivity contribution is 5.74. The summed E-state index contributed by atoms with van der Waals surface area (Å²) >= 11 is 0. The van der Waals surface area contributed by atoms with Crippen molar-refractivity contribution in [1.82, 2.24) is 19.8 Å². The Balaban J connectivity index is 1.91. The van der Waals surface area contributed by atoms with Gasteiger partial charge in [0.05, 0.1) is 18.8 Å². The molecule has 9 heteroatoms. The maximum atomic E-state index is 12.5. The average molecular weight is 334 g/mol. The molecule has 6 nitrogen and oxygen atoms in total. The van der Waals surface area contributed by atoms with Gasteiger partial charge >= 0.3 is 12.2 Å². The molecule has 2 amide bonds. The normalized spacial score (nSPS) is 22.2. The third kappa shape index (κ3) is 5.12. The zero-order valence-electron chi connectivity index (χ0n) is 13.1. The summed E-state index contributed by atoms with van der Waals surface area (Å²) in [6, 6.07) is -0.319. The fourth-order valence-corrected chi connectivity index (χ4v) is 2.55. The van der Waals surface area contributed by atoms with Crippen LogP contribution in [0.5, 0.6) is 0 Å². The molecule has 0 aromatic carbocycles. The van der Waals surface area contributed by atoms with E-state index in [1.807, 2.05) is 13.8 Å². The molecule has 1 aromatic rings. The van der Waals surface area contributed by atoms with Crippen molar-refractivity contribution >= 4 is 6.03 Å². The topological polar surface area (TPSA) is 59.4 Å². The number of hydrogen-bond donors (Lipinski definition) is 1. The molecule has 1 fully saturated rings. The number of carbonyl (C=O) groups excluding carboxylic acids is 1. The molecule has 0 bridgehead atoms. The number of urea groups is 1. The van der Waals surface area contributed by atoms with Crippen molar-refractivity contribution in [2.24, 2.45) is 0 Å². The number of nitrogens with one attached hydrogen (secondary N) is 1. The van der Waals surface area contributed by atoms with Crippen molar-refractivity contribution in [2.75, 3.05) is 13.1 Å². The Morgan fingerprint density at radius 3 is 2.87 bits per heavy atom. The SMILES string of the molecule is CC[C@@H]1CN(C(=O)NCc2nccn2CC(F)(F)F)C[C@H](C)O1. The summed E-state index contributed by atoms with van der Waals surface area (Å²) in [5.74, 6) is 0.170. The fourth-order valence-electron chi connectivity index (χ4n) is 2.55. The Bertz CT molecular complexity index is 532. The highest BCUT2D eigenvalue weighted by Gasteiger charge is 2.30. The van der Waals surface area contributed by atoms with Crippen LogP contribution in [0.1, 0.15) is 26.1 Å². The highest BCUT2D eigenvalue weighted by atomic mass is 19.4. The van der Waals surface area contributed by atoms with Gasteiger partial charge < -0.3 is 19.5 Å². The first-order valence-corrected chi connectivity index (χ1v) is 7.53. The van der Waals surface area contributed by atoms with Crippen LogP contribution in [0, 0.1) is 0 Å². The van der Waals surface area contributed by atoms with Crippen molar-refractivity contribution < 1.29 is 22.7 Å². The van der Waals surface area contributed by atoms with Crippen LogP contribution in [0.3, 0.4) is 0 Å². The summed E-state index contributed by atoms with van der Waals surface area (Å²) in [7, 11) is 0. The van der Waals surface area contributed by atoms with E-state index in [2.05, 4.69) is 10.3 Å². The summed E-state index contributed by atoms with van der Waals surface area (Å²) in [6.45, 7) is 3.63. The van der Waals surface area contributed by atoms with E-state index in [0.29, 0.717) is 13.1 Å². The third-order valence-electron chi connectivity index (χ3n) is 3.62. The molecule has 23 heavy (non-hydrogen) atoms. The first-order chi connectivity index (χ1) is 10.8. The van der Waals surface area contributed by atoms with Crippen LogP contribution in [0.2, 0.25) is 0 Å². The maximum Gasteiger partial charge on any atom is 0.406 e. The van der Waals surface area contributed by atoms with Crippen LogP contribution in [0.15, 0.2) is 12.4 Å². The first kappa shape index (κ1) is 17.6. The molecular weight excluding hydrogens is 313 g/mol. The summed E-state index contributed by atoms with van der Waals surface area (Å²) < 4.78 is 44.0. The summed E-state index contributed by atoms with van der Waals surface area (Å²) in [6.07, 6.45) is -1.07. The fraction of sp³-hybridized carbons (Fsp3) is 0.714. The standard InChI is InChI=1S/C14H21F3N4O2/c1-3-11-8-21(7-10(2)23-11)13(22)19-6-12-18-4-5-20(12)9-14(15,16)17/h4-5,10-11H,3,6-9H2,1-2H3,(H,19,22)/t10-,11+/m0/s1. The largest absolute Gasteiger partial charge is 0.406 e. The van der Waals surface area contributed by atoms with Crippen molar-refractivity contribution in [2.45, 2.75) is 51.7 Å². The molecule has 1 aliphatic rings. The van der Waals surface area contributed by atoms with Gasteiger partial charge in [0, 0.05) is 25.5 Å². The molecule has 0 spiro atoms. The number of imidazole rings is 1. The number of aromatic nitrogens is 2. The molecule has 0 saturated carbocycles. The number of carbonyl (C=O) groups is 1. The monoisotopic (exact) mass is 334 g/mol. The molecule has 2 heterocycles. The lowest BCUT2D eigenvalue weighted by molar-refractivity contribution is -0.141. The Kier molecular flexibility index (Phi) is 5.51. The summed E-state index contributed by atoms with van der Waals surface area (Å²) in [5, 5.41) is 2.63. The Morgan fingerprint density at radius 2 is 2.22 bits per heavy atom. The van der Waals surface area contributed by atoms with Gasteiger partial charge in [-0.05, 0) is 13.3 Å². The lowest BCUT2D eigenvalue weighted by atomic mass is 10.2. The Labute approximate surface area is 132 Å². The molecule has 0 radical (unpaired) electrons. The smallest absolute Gasteiger partial charge is 0.372 e.